The first-order valence-corrected chi connectivity index (χ1v) is 10.0. The Bertz CT molecular complexity index is 384. The zero-order chi connectivity index (χ0) is 17.6. The summed E-state index contributed by atoms with van der Waals surface area (Å²) in [5.74, 6) is 0.424. The zero-order valence-electron chi connectivity index (χ0n) is 16.3. The highest BCUT2D eigenvalue weighted by molar-refractivity contribution is 5.74. The van der Waals surface area contributed by atoms with Gasteiger partial charge in [0.05, 0.1) is 6.10 Å². The normalized spacial score (nSPS) is 27.2. The van der Waals surface area contributed by atoms with Crippen LogP contribution in [0.3, 0.4) is 0 Å². The van der Waals surface area contributed by atoms with Crippen molar-refractivity contribution >= 4 is 6.03 Å². The van der Waals surface area contributed by atoms with Gasteiger partial charge in [0.15, 0.2) is 0 Å². The van der Waals surface area contributed by atoms with Gasteiger partial charge in [-0.3, -0.25) is 0 Å². The summed E-state index contributed by atoms with van der Waals surface area (Å²) in [4.78, 5) is 14.6. The third kappa shape index (κ3) is 5.65. The van der Waals surface area contributed by atoms with E-state index in [1.807, 2.05) is 11.9 Å². The van der Waals surface area contributed by atoms with Crippen LogP contribution in [-0.4, -0.2) is 43.3 Å². The van der Waals surface area contributed by atoms with Crippen molar-refractivity contribution in [1.82, 2.24) is 10.2 Å². The maximum atomic E-state index is 12.6. The molecule has 4 heteroatoms. The average Bonchev–Trinajstić information content (AvgIpc) is 2.51. The van der Waals surface area contributed by atoms with Crippen LogP contribution in [0.15, 0.2) is 0 Å². The second-order valence-corrected chi connectivity index (χ2v) is 8.86. The Balaban J connectivity index is 1.84. The number of carbonyl (C=O) groups is 1. The summed E-state index contributed by atoms with van der Waals surface area (Å²) >= 11 is 0. The molecule has 0 aromatic rings. The molecule has 1 N–H and O–H groups in total. The highest BCUT2D eigenvalue weighted by atomic mass is 16.5. The second-order valence-electron chi connectivity index (χ2n) is 8.86. The Morgan fingerprint density at radius 1 is 1.04 bits per heavy atom. The minimum absolute atomic E-state index is 0.0961. The Morgan fingerprint density at radius 3 is 2.29 bits per heavy atom. The Labute approximate surface area is 148 Å². The first kappa shape index (κ1) is 19.6. The molecule has 0 aromatic heterocycles. The van der Waals surface area contributed by atoms with E-state index in [2.05, 4.69) is 26.1 Å². The third-order valence-electron chi connectivity index (χ3n) is 5.76. The highest BCUT2D eigenvalue weighted by Crippen LogP contribution is 2.33. The quantitative estimate of drug-likeness (QED) is 0.818. The van der Waals surface area contributed by atoms with E-state index >= 15 is 0 Å². The van der Waals surface area contributed by atoms with Crippen LogP contribution in [0, 0.1) is 11.3 Å². The van der Waals surface area contributed by atoms with Crippen LogP contribution in [0.4, 0.5) is 4.79 Å². The van der Waals surface area contributed by atoms with E-state index in [0.29, 0.717) is 12.0 Å². The molecule has 0 bridgehead atoms. The van der Waals surface area contributed by atoms with Gasteiger partial charge in [0.25, 0.3) is 0 Å². The van der Waals surface area contributed by atoms with Crippen molar-refractivity contribution in [3.63, 3.8) is 0 Å². The first-order valence-electron chi connectivity index (χ1n) is 10.0. The van der Waals surface area contributed by atoms with Crippen molar-refractivity contribution < 1.29 is 9.53 Å². The van der Waals surface area contributed by atoms with Gasteiger partial charge in [0, 0.05) is 32.2 Å². The predicted molar refractivity (Wildman–Crippen MR) is 99.2 cm³/mol. The standard InChI is InChI=1S/C20H38N2O2/c1-20(2,3)18-16(11-10-14-24-18)15-21-19(23)22(4)17-12-8-6-5-7-9-13-17/h16-18H,5-15H2,1-4H3,(H,21,23)/t16-,18-/m0/s1. The van der Waals surface area contributed by atoms with E-state index in [1.165, 1.54) is 32.1 Å². The number of amides is 2. The van der Waals surface area contributed by atoms with Crippen molar-refractivity contribution in [2.45, 2.75) is 90.7 Å². The summed E-state index contributed by atoms with van der Waals surface area (Å²) in [5, 5.41) is 3.19. The van der Waals surface area contributed by atoms with Crippen LogP contribution < -0.4 is 5.32 Å². The van der Waals surface area contributed by atoms with Gasteiger partial charge in [-0.1, -0.05) is 52.9 Å². The molecule has 2 aliphatic rings. The molecule has 0 unspecified atom stereocenters. The summed E-state index contributed by atoms with van der Waals surface area (Å²) in [7, 11) is 1.97. The summed E-state index contributed by atoms with van der Waals surface area (Å²) in [5.41, 5.74) is 0.126. The molecular formula is C20H38N2O2. The van der Waals surface area contributed by atoms with Gasteiger partial charge in [-0.25, -0.2) is 4.79 Å². The lowest BCUT2D eigenvalue weighted by molar-refractivity contribution is -0.0839. The highest BCUT2D eigenvalue weighted by Gasteiger charge is 2.35. The molecular weight excluding hydrogens is 300 g/mol. The monoisotopic (exact) mass is 338 g/mol. The number of ether oxygens (including phenoxy) is 1. The van der Waals surface area contributed by atoms with Crippen molar-refractivity contribution in [2.75, 3.05) is 20.2 Å². The molecule has 0 aromatic carbocycles. The van der Waals surface area contributed by atoms with Crippen LogP contribution in [-0.2, 0) is 4.74 Å². The molecule has 24 heavy (non-hydrogen) atoms. The fourth-order valence-electron chi connectivity index (χ4n) is 4.34. The predicted octanol–water partition coefficient (Wildman–Crippen LogP) is 4.58. The second kappa shape index (κ2) is 9.07. The maximum absolute atomic E-state index is 12.6. The third-order valence-corrected chi connectivity index (χ3v) is 5.76. The molecule has 2 amide bonds. The van der Waals surface area contributed by atoms with Crippen molar-refractivity contribution in [2.24, 2.45) is 11.3 Å². The molecule has 4 nitrogen and oxygen atoms in total. The van der Waals surface area contributed by atoms with Gasteiger partial charge in [0.1, 0.15) is 0 Å². The molecule has 140 valence electrons. The molecule has 0 radical (unpaired) electrons. The summed E-state index contributed by atoms with van der Waals surface area (Å²) in [6.07, 6.45) is 11.3. The van der Waals surface area contributed by atoms with Crippen LogP contribution in [0.25, 0.3) is 0 Å². The van der Waals surface area contributed by atoms with Gasteiger partial charge in [0.2, 0.25) is 0 Å². The number of hydrogen-bond donors (Lipinski definition) is 1. The van der Waals surface area contributed by atoms with Gasteiger partial charge in [-0.2, -0.15) is 0 Å². The van der Waals surface area contributed by atoms with Crippen molar-refractivity contribution in [1.29, 1.82) is 0 Å². The molecule has 1 aliphatic heterocycles. The molecule has 1 saturated carbocycles. The van der Waals surface area contributed by atoms with Crippen LogP contribution in [0.2, 0.25) is 0 Å². The lowest BCUT2D eigenvalue weighted by atomic mass is 9.78. The van der Waals surface area contributed by atoms with Gasteiger partial charge in [-0.15, -0.1) is 0 Å². The van der Waals surface area contributed by atoms with Crippen molar-refractivity contribution in [3.8, 4) is 0 Å². The number of urea groups is 1. The molecule has 2 fully saturated rings. The van der Waals surface area contributed by atoms with Crippen molar-refractivity contribution in [3.05, 3.63) is 0 Å². The lowest BCUT2D eigenvalue weighted by Gasteiger charge is -2.40. The largest absolute Gasteiger partial charge is 0.377 e. The molecule has 2 rings (SSSR count). The summed E-state index contributed by atoms with van der Waals surface area (Å²) < 4.78 is 6.03. The fourth-order valence-corrected chi connectivity index (χ4v) is 4.34. The summed E-state index contributed by atoms with van der Waals surface area (Å²) in [6, 6.07) is 0.505. The summed E-state index contributed by atoms with van der Waals surface area (Å²) in [6.45, 7) is 8.29. The van der Waals surface area contributed by atoms with E-state index < -0.39 is 0 Å². The van der Waals surface area contributed by atoms with Gasteiger partial charge in [-0.05, 0) is 31.1 Å². The van der Waals surface area contributed by atoms with Crippen LogP contribution >= 0.6 is 0 Å². The smallest absolute Gasteiger partial charge is 0.317 e. The number of rotatable bonds is 3. The van der Waals surface area contributed by atoms with E-state index in [1.54, 1.807) is 0 Å². The van der Waals surface area contributed by atoms with E-state index in [4.69, 9.17) is 4.74 Å². The number of hydrogen-bond acceptors (Lipinski definition) is 2. The topological polar surface area (TPSA) is 41.6 Å². The van der Waals surface area contributed by atoms with Gasteiger partial charge < -0.3 is 15.0 Å². The Hall–Kier alpha value is -0.770. The Kier molecular flexibility index (Phi) is 7.39. The number of carbonyl (C=O) groups excluding carboxylic acids is 1. The maximum Gasteiger partial charge on any atom is 0.317 e. The lowest BCUT2D eigenvalue weighted by Crippen LogP contribution is -2.49. The van der Waals surface area contributed by atoms with Gasteiger partial charge >= 0.3 is 6.03 Å². The number of nitrogens with one attached hydrogen (secondary N) is 1. The zero-order valence-corrected chi connectivity index (χ0v) is 16.3. The molecule has 1 aliphatic carbocycles. The number of nitrogens with zero attached hydrogens (tertiary/aromatic N) is 1. The molecule has 1 saturated heterocycles. The molecule has 1 heterocycles. The first-order chi connectivity index (χ1) is 11.4. The Morgan fingerprint density at radius 2 is 1.67 bits per heavy atom. The molecule has 0 spiro atoms. The van der Waals surface area contributed by atoms with E-state index in [-0.39, 0.29) is 17.6 Å². The van der Waals surface area contributed by atoms with E-state index in [9.17, 15) is 4.79 Å². The van der Waals surface area contributed by atoms with Crippen LogP contribution in [0.5, 0.6) is 0 Å². The molecule has 2 atom stereocenters. The SMILES string of the molecule is CN(C(=O)NC[C@@H]1CCCO[C@@H]1C(C)(C)C)C1CCCCCCC1. The fraction of sp³-hybridized carbons (Fsp3) is 0.950. The minimum atomic E-state index is 0.0961. The van der Waals surface area contributed by atoms with Crippen LogP contribution in [0.1, 0.15) is 78.6 Å². The average molecular weight is 339 g/mol. The van der Waals surface area contributed by atoms with E-state index in [0.717, 1.165) is 38.8 Å². The minimum Gasteiger partial charge on any atom is -0.377 e.